The molecule has 3 aromatic carbocycles. The number of hydrogen-bond donors (Lipinski definition) is 1. The van der Waals surface area contributed by atoms with Gasteiger partial charge in [0.05, 0.1) is 11.8 Å². The summed E-state index contributed by atoms with van der Waals surface area (Å²) in [6, 6.07) is 27.2. The van der Waals surface area contributed by atoms with Crippen LogP contribution in [-0.4, -0.2) is 29.8 Å². The van der Waals surface area contributed by atoms with Crippen LogP contribution in [0, 0.1) is 11.8 Å². The van der Waals surface area contributed by atoms with E-state index in [-0.39, 0.29) is 29.7 Å². The van der Waals surface area contributed by atoms with Crippen LogP contribution >= 0.6 is 0 Å². The van der Waals surface area contributed by atoms with Crippen molar-refractivity contribution in [2.45, 2.75) is 30.8 Å². The first-order valence-corrected chi connectivity index (χ1v) is 11.3. The van der Waals surface area contributed by atoms with Gasteiger partial charge >= 0.3 is 0 Å². The van der Waals surface area contributed by atoms with Gasteiger partial charge in [0.25, 0.3) is 0 Å². The van der Waals surface area contributed by atoms with Gasteiger partial charge in [-0.15, -0.1) is 0 Å². The number of likely N-dealkylation sites (tertiary alicyclic amines) is 1. The first-order chi connectivity index (χ1) is 15.6. The molecule has 7 rings (SSSR count). The van der Waals surface area contributed by atoms with E-state index in [1.807, 2.05) is 18.2 Å². The maximum atomic E-state index is 13.6. The summed E-state index contributed by atoms with van der Waals surface area (Å²) in [6.45, 7) is 2.88. The second-order valence-corrected chi connectivity index (χ2v) is 9.35. The van der Waals surface area contributed by atoms with Crippen molar-refractivity contribution in [2.24, 2.45) is 11.8 Å². The van der Waals surface area contributed by atoms with E-state index in [0.717, 1.165) is 0 Å². The Hall–Kier alpha value is -3.24. The van der Waals surface area contributed by atoms with Gasteiger partial charge < -0.3 is 5.32 Å². The number of rotatable bonds is 4. The largest absolute Gasteiger partial charge is 0.309 e. The quantitative estimate of drug-likeness (QED) is 0.650. The smallest absolute Gasteiger partial charge is 0.234 e. The van der Waals surface area contributed by atoms with Crippen molar-refractivity contribution in [3.63, 3.8) is 0 Å². The van der Waals surface area contributed by atoms with Gasteiger partial charge in [-0.05, 0) is 34.7 Å². The van der Waals surface area contributed by atoms with Gasteiger partial charge in [0.2, 0.25) is 11.8 Å². The molecule has 1 aliphatic heterocycles. The highest BCUT2D eigenvalue weighted by molar-refractivity contribution is 6.08. The first kappa shape index (κ1) is 19.4. The fourth-order valence-corrected chi connectivity index (χ4v) is 6.74. The molecule has 1 saturated heterocycles. The average molecular weight is 423 g/mol. The van der Waals surface area contributed by atoms with Gasteiger partial charge in [-0.3, -0.25) is 14.5 Å². The molecule has 3 aliphatic carbocycles. The van der Waals surface area contributed by atoms with Gasteiger partial charge in [-0.1, -0.05) is 78.9 Å². The number of benzene rings is 3. The van der Waals surface area contributed by atoms with Crippen LogP contribution in [0.3, 0.4) is 0 Å². The summed E-state index contributed by atoms with van der Waals surface area (Å²) in [7, 11) is 1.65. The van der Waals surface area contributed by atoms with Crippen molar-refractivity contribution in [1.82, 2.24) is 10.2 Å². The minimum Gasteiger partial charge on any atom is -0.309 e. The normalized spacial score (nSPS) is 28.3. The number of nitrogens with one attached hydrogen (secondary N) is 1. The minimum absolute atomic E-state index is 0.0476. The Morgan fingerprint density at radius 2 is 1.41 bits per heavy atom. The van der Waals surface area contributed by atoms with Crippen molar-refractivity contribution in [3.8, 4) is 0 Å². The fraction of sp³-hybridized carbons (Fsp3) is 0.286. The van der Waals surface area contributed by atoms with Gasteiger partial charge in [-0.25, -0.2) is 0 Å². The van der Waals surface area contributed by atoms with E-state index < -0.39 is 11.3 Å². The lowest BCUT2D eigenvalue weighted by Gasteiger charge is -2.57. The van der Waals surface area contributed by atoms with Gasteiger partial charge in [-0.2, -0.15) is 0 Å². The Morgan fingerprint density at radius 1 is 0.844 bits per heavy atom. The third-order valence-corrected chi connectivity index (χ3v) is 8.04. The summed E-state index contributed by atoms with van der Waals surface area (Å²) in [5.74, 6) is -0.917. The molecule has 4 nitrogen and oxygen atoms in total. The third-order valence-electron chi connectivity index (χ3n) is 8.04. The lowest BCUT2D eigenvalue weighted by molar-refractivity contribution is -0.138. The molecule has 3 aromatic rings. The zero-order chi connectivity index (χ0) is 22.0. The van der Waals surface area contributed by atoms with E-state index in [1.54, 1.807) is 7.05 Å². The predicted molar refractivity (Wildman–Crippen MR) is 123 cm³/mol. The van der Waals surface area contributed by atoms with Gasteiger partial charge in [0.1, 0.15) is 0 Å². The molecule has 0 unspecified atom stereocenters. The number of nitrogens with zero attached hydrogens (tertiary/aromatic N) is 1. The molecular formula is C28H26N2O2. The lowest BCUT2D eigenvalue weighted by Crippen LogP contribution is -2.61. The Morgan fingerprint density at radius 3 is 2.03 bits per heavy atom. The molecule has 4 aliphatic rings. The van der Waals surface area contributed by atoms with Crippen LogP contribution in [0.15, 0.2) is 78.9 Å². The predicted octanol–water partition coefficient (Wildman–Crippen LogP) is 3.84. The molecule has 0 radical (unpaired) electrons. The van der Waals surface area contributed by atoms with Gasteiger partial charge in [0.15, 0.2) is 0 Å². The highest BCUT2D eigenvalue weighted by Crippen LogP contribution is 2.64. The number of carbonyl (C=O) groups is 2. The topological polar surface area (TPSA) is 49.4 Å². The first-order valence-electron chi connectivity index (χ1n) is 11.3. The summed E-state index contributed by atoms with van der Waals surface area (Å²) < 4.78 is 0. The molecule has 4 heteroatoms. The van der Waals surface area contributed by atoms with E-state index in [9.17, 15) is 9.59 Å². The Bertz CT molecular complexity index is 1190. The van der Waals surface area contributed by atoms with Crippen LogP contribution in [0.25, 0.3) is 0 Å². The number of hydrogen-bond acceptors (Lipinski definition) is 3. The van der Waals surface area contributed by atoms with Crippen molar-refractivity contribution >= 4 is 11.8 Å². The van der Waals surface area contributed by atoms with Gasteiger partial charge in [0, 0.05) is 31.0 Å². The van der Waals surface area contributed by atoms with Crippen molar-refractivity contribution < 1.29 is 9.59 Å². The van der Waals surface area contributed by atoms with Crippen LogP contribution in [0.5, 0.6) is 0 Å². The van der Waals surface area contributed by atoms with Crippen LogP contribution in [0.1, 0.15) is 40.7 Å². The zero-order valence-electron chi connectivity index (χ0n) is 18.3. The van der Waals surface area contributed by atoms with Crippen molar-refractivity contribution in [1.29, 1.82) is 0 Å². The molecular weight excluding hydrogens is 396 g/mol. The Balaban J connectivity index is 1.58. The molecule has 0 saturated carbocycles. The second kappa shape index (κ2) is 6.88. The lowest BCUT2D eigenvalue weighted by atomic mass is 9.45. The van der Waals surface area contributed by atoms with Crippen LogP contribution in [0.2, 0.25) is 0 Å². The molecule has 3 atom stereocenters. The van der Waals surface area contributed by atoms with Crippen molar-refractivity contribution in [3.05, 3.63) is 107 Å². The molecule has 1 N–H and O–H groups in total. The van der Waals surface area contributed by atoms with E-state index in [4.69, 9.17) is 0 Å². The molecule has 2 amide bonds. The van der Waals surface area contributed by atoms with E-state index in [1.165, 1.54) is 32.7 Å². The van der Waals surface area contributed by atoms with E-state index in [2.05, 4.69) is 72.9 Å². The maximum absolute atomic E-state index is 13.6. The summed E-state index contributed by atoms with van der Waals surface area (Å²) >= 11 is 0. The molecule has 1 heterocycles. The average Bonchev–Trinajstić information content (AvgIpc) is 3.08. The third kappa shape index (κ3) is 2.31. The maximum Gasteiger partial charge on any atom is 0.234 e. The molecule has 2 bridgehead atoms. The number of imide groups is 1. The Labute approximate surface area is 188 Å². The van der Waals surface area contributed by atoms with Crippen LogP contribution in [0.4, 0.5) is 0 Å². The standard InChI is InChI=1S/C28H26N2O2/c1-17(29-16-18-10-4-3-5-11-18)28-21-14-8-6-12-19(21)23(20-13-7-9-15-22(20)28)24-25(28)27(32)30(2)26(24)31/h3-15,17,23-25,29H,16H2,1-2H3/t17-,23?,24-,25+,28?/m1/s1. The van der Waals surface area contributed by atoms with Crippen LogP contribution < -0.4 is 5.32 Å². The molecule has 1 fully saturated rings. The summed E-state index contributed by atoms with van der Waals surface area (Å²) in [5, 5.41) is 3.75. The monoisotopic (exact) mass is 422 g/mol. The summed E-state index contributed by atoms with van der Waals surface area (Å²) in [4.78, 5) is 28.4. The minimum atomic E-state index is -0.598. The van der Waals surface area contributed by atoms with E-state index in [0.29, 0.717) is 6.54 Å². The number of amides is 2. The molecule has 0 aromatic heterocycles. The molecule has 0 spiro atoms. The summed E-state index contributed by atoms with van der Waals surface area (Å²) in [5.41, 5.74) is 5.36. The second-order valence-electron chi connectivity index (χ2n) is 9.35. The number of carbonyl (C=O) groups excluding carboxylic acids is 2. The molecule has 32 heavy (non-hydrogen) atoms. The summed E-state index contributed by atoms with van der Waals surface area (Å²) in [6.07, 6.45) is 0. The zero-order valence-corrected chi connectivity index (χ0v) is 18.3. The van der Waals surface area contributed by atoms with Crippen LogP contribution in [-0.2, 0) is 21.5 Å². The highest BCUT2D eigenvalue weighted by Gasteiger charge is 2.68. The fourth-order valence-electron chi connectivity index (χ4n) is 6.74. The van der Waals surface area contributed by atoms with Crippen molar-refractivity contribution in [2.75, 3.05) is 7.05 Å². The highest BCUT2D eigenvalue weighted by atomic mass is 16.2. The molecule has 160 valence electrons. The SMILES string of the molecule is C[C@@H](NCc1ccccc1)C12c3ccccc3C(c3ccccc31)[C@H]1C(=O)N(C)C(=O)[C@H]12. The Kier molecular flexibility index (Phi) is 4.18. The van der Waals surface area contributed by atoms with E-state index >= 15 is 0 Å².